The molecule has 0 radical (unpaired) electrons. The zero-order chi connectivity index (χ0) is 23.1. The van der Waals surface area contributed by atoms with Gasteiger partial charge in [-0.2, -0.15) is 0 Å². The minimum Gasteiger partial charge on any atom is -0.491 e. The van der Waals surface area contributed by atoms with Gasteiger partial charge in [0.05, 0.1) is 6.61 Å². The molecule has 31 heavy (non-hydrogen) atoms. The van der Waals surface area contributed by atoms with E-state index in [1.807, 2.05) is 6.92 Å². The lowest BCUT2D eigenvalue weighted by atomic mass is 10.2. The Bertz CT molecular complexity index is 859. The normalized spacial score (nSPS) is 17.3. The van der Waals surface area contributed by atoms with Crippen molar-refractivity contribution in [2.24, 2.45) is 22.2 Å². The molecule has 11 nitrogen and oxygen atoms in total. The smallest absolute Gasteiger partial charge is 0.271 e. The predicted molar refractivity (Wildman–Crippen MR) is 119 cm³/mol. The second-order valence-corrected chi connectivity index (χ2v) is 7.20. The number of hydrogen-bond acceptors (Lipinski definition) is 8. The number of aliphatic imine (C=N–C) groups is 1. The van der Waals surface area contributed by atoms with Crippen molar-refractivity contribution in [3.05, 3.63) is 35.8 Å². The Balaban J connectivity index is 2.32. The lowest BCUT2D eigenvalue weighted by Gasteiger charge is -2.38. The largest absolute Gasteiger partial charge is 0.491 e. The SMILES string of the molecule is CCCCN(C(=N)N1C(N)=C(C(N)=O)N=C(Cl)C1N)c1ccc(OC[C@@H](O)CO)cc1. The van der Waals surface area contributed by atoms with Crippen LogP contribution in [0, 0.1) is 5.41 Å². The fourth-order valence-electron chi connectivity index (χ4n) is 2.80. The van der Waals surface area contributed by atoms with Crippen LogP contribution in [0.1, 0.15) is 19.8 Å². The van der Waals surface area contributed by atoms with Gasteiger partial charge in [-0.15, -0.1) is 0 Å². The summed E-state index contributed by atoms with van der Waals surface area (Å²) in [7, 11) is 0. The molecule has 2 atom stereocenters. The third-order valence-corrected chi connectivity index (χ3v) is 4.81. The highest BCUT2D eigenvalue weighted by Crippen LogP contribution is 2.25. The Morgan fingerprint density at radius 2 is 2.06 bits per heavy atom. The molecule has 1 heterocycles. The molecule has 1 amide bonds. The van der Waals surface area contributed by atoms with Gasteiger partial charge in [-0.05, 0) is 30.7 Å². The molecule has 0 fully saturated rings. The number of amides is 1. The molecule has 9 N–H and O–H groups in total. The number of halogens is 1. The molecular weight excluding hydrogens is 426 g/mol. The van der Waals surface area contributed by atoms with E-state index in [-0.39, 0.29) is 29.3 Å². The molecule has 1 aromatic carbocycles. The van der Waals surface area contributed by atoms with Crippen LogP contribution < -0.4 is 26.8 Å². The van der Waals surface area contributed by atoms with Crippen LogP contribution in [0.2, 0.25) is 0 Å². The van der Waals surface area contributed by atoms with E-state index >= 15 is 0 Å². The van der Waals surface area contributed by atoms with Crippen LogP contribution in [0.5, 0.6) is 5.75 Å². The number of carbonyl (C=O) groups is 1. The van der Waals surface area contributed by atoms with Crippen molar-refractivity contribution in [3.8, 4) is 5.75 Å². The summed E-state index contributed by atoms with van der Waals surface area (Å²) in [4.78, 5) is 18.4. The summed E-state index contributed by atoms with van der Waals surface area (Å²) in [6.45, 7) is 2.03. The number of nitrogens with one attached hydrogen (secondary N) is 1. The first-order valence-electron chi connectivity index (χ1n) is 9.67. The number of benzene rings is 1. The van der Waals surface area contributed by atoms with Crippen LogP contribution in [-0.4, -0.2) is 64.2 Å². The molecule has 0 bridgehead atoms. The van der Waals surface area contributed by atoms with Gasteiger partial charge < -0.3 is 37.1 Å². The maximum absolute atomic E-state index is 11.7. The molecule has 1 aromatic rings. The second kappa shape index (κ2) is 11.0. The highest BCUT2D eigenvalue weighted by molar-refractivity contribution is 6.67. The first kappa shape index (κ1) is 24.4. The molecule has 0 spiro atoms. The van der Waals surface area contributed by atoms with Crippen molar-refractivity contribution in [1.82, 2.24) is 4.90 Å². The van der Waals surface area contributed by atoms with Crippen molar-refractivity contribution >= 4 is 34.3 Å². The van der Waals surface area contributed by atoms with Crippen LogP contribution in [0.3, 0.4) is 0 Å². The standard InChI is InChI=1S/C19H28ClN7O4/c1-2-3-8-26(11-4-6-13(7-5-11)31-10-12(29)9-28)19(24)27-16(21)14(18(23)30)25-15(20)17(27)22/h4-7,12,17,24,28-29H,2-3,8-10,21-22H2,1H3,(H2,23,30)/t12-,17?/m0/s1. The number of nitrogens with two attached hydrogens (primary N) is 3. The van der Waals surface area contributed by atoms with E-state index in [0.29, 0.717) is 18.0 Å². The zero-order valence-electron chi connectivity index (χ0n) is 17.2. The van der Waals surface area contributed by atoms with Gasteiger partial charge in [-0.3, -0.25) is 15.1 Å². The Morgan fingerprint density at radius 3 is 2.61 bits per heavy atom. The first-order valence-corrected chi connectivity index (χ1v) is 10.0. The fraction of sp³-hybridized carbons (Fsp3) is 0.421. The topological polar surface area (TPSA) is 188 Å². The number of hydrogen-bond donors (Lipinski definition) is 6. The molecule has 0 saturated heterocycles. The first-order chi connectivity index (χ1) is 14.7. The minimum atomic E-state index is -1.05. The molecule has 1 unspecified atom stereocenters. The molecule has 2 rings (SSSR count). The number of nitrogens with zero attached hydrogens (tertiary/aromatic N) is 3. The van der Waals surface area contributed by atoms with Crippen LogP contribution in [0.15, 0.2) is 40.8 Å². The van der Waals surface area contributed by atoms with Crippen LogP contribution in [0.4, 0.5) is 5.69 Å². The quantitative estimate of drug-likeness (QED) is 0.219. The molecular formula is C19H28ClN7O4. The van der Waals surface area contributed by atoms with E-state index < -0.39 is 24.8 Å². The Morgan fingerprint density at radius 1 is 1.42 bits per heavy atom. The number of ether oxygens (including phenoxy) is 1. The second-order valence-electron chi connectivity index (χ2n) is 6.82. The Hall–Kier alpha value is -2.86. The van der Waals surface area contributed by atoms with Crippen LogP contribution >= 0.6 is 11.6 Å². The molecule has 0 aliphatic carbocycles. The molecule has 170 valence electrons. The van der Waals surface area contributed by atoms with Crippen molar-refractivity contribution in [1.29, 1.82) is 5.41 Å². The van der Waals surface area contributed by atoms with Gasteiger partial charge in [-0.25, -0.2) is 4.99 Å². The molecule has 1 aliphatic rings. The van der Waals surface area contributed by atoms with E-state index in [2.05, 4.69) is 4.99 Å². The average molecular weight is 454 g/mol. The summed E-state index contributed by atoms with van der Waals surface area (Å²) in [6, 6.07) is 6.80. The number of aliphatic hydroxyl groups excluding tert-OH is 2. The zero-order valence-corrected chi connectivity index (χ0v) is 17.9. The Kier molecular flexibility index (Phi) is 8.63. The lowest BCUT2D eigenvalue weighted by Crippen LogP contribution is -2.57. The number of rotatable bonds is 9. The van der Waals surface area contributed by atoms with Crippen LogP contribution in [-0.2, 0) is 4.79 Å². The van der Waals surface area contributed by atoms with E-state index in [0.717, 1.165) is 12.8 Å². The van der Waals surface area contributed by atoms with Gasteiger partial charge in [-0.1, -0.05) is 24.9 Å². The summed E-state index contributed by atoms with van der Waals surface area (Å²) < 4.78 is 5.42. The Labute approximate surface area is 185 Å². The van der Waals surface area contributed by atoms with Crippen molar-refractivity contribution in [3.63, 3.8) is 0 Å². The number of guanidine groups is 1. The van der Waals surface area contributed by atoms with Crippen molar-refractivity contribution < 1.29 is 19.7 Å². The van der Waals surface area contributed by atoms with E-state index in [1.54, 1.807) is 29.2 Å². The molecule has 12 heteroatoms. The fourth-order valence-corrected chi connectivity index (χ4v) is 2.98. The number of primary amides is 1. The molecule has 0 saturated carbocycles. The van der Waals surface area contributed by atoms with E-state index in [9.17, 15) is 9.90 Å². The lowest BCUT2D eigenvalue weighted by molar-refractivity contribution is -0.114. The maximum atomic E-state index is 11.7. The van der Waals surface area contributed by atoms with Gasteiger partial charge in [0.2, 0.25) is 5.96 Å². The van der Waals surface area contributed by atoms with Crippen molar-refractivity contribution in [2.45, 2.75) is 32.0 Å². The summed E-state index contributed by atoms with van der Waals surface area (Å²) >= 11 is 6.07. The molecule has 1 aliphatic heterocycles. The monoisotopic (exact) mass is 453 g/mol. The van der Waals surface area contributed by atoms with E-state index in [1.165, 1.54) is 4.90 Å². The summed E-state index contributed by atoms with van der Waals surface area (Å²) in [6.07, 6.45) is -0.393. The molecule has 0 aromatic heterocycles. The van der Waals surface area contributed by atoms with Gasteiger partial charge in [0.15, 0.2) is 5.70 Å². The minimum absolute atomic E-state index is 0.0527. The van der Waals surface area contributed by atoms with Gasteiger partial charge in [0.25, 0.3) is 5.91 Å². The highest BCUT2D eigenvalue weighted by Gasteiger charge is 2.34. The van der Waals surface area contributed by atoms with E-state index in [4.69, 9.17) is 44.1 Å². The maximum Gasteiger partial charge on any atom is 0.271 e. The number of unbranched alkanes of at least 4 members (excludes halogenated alkanes) is 1. The summed E-state index contributed by atoms with van der Waals surface area (Å²) in [5.74, 6) is -0.658. The number of aliphatic hydroxyl groups is 2. The van der Waals surface area contributed by atoms with Gasteiger partial charge >= 0.3 is 0 Å². The number of anilines is 1. The van der Waals surface area contributed by atoms with Gasteiger partial charge in [0, 0.05) is 12.2 Å². The average Bonchev–Trinajstić information content (AvgIpc) is 2.75. The third kappa shape index (κ3) is 5.85. The van der Waals surface area contributed by atoms with Crippen molar-refractivity contribution in [2.75, 3.05) is 24.7 Å². The van der Waals surface area contributed by atoms with Crippen LogP contribution in [0.25, 0.3) is 0 Å². The predicted octanol–water partition coefficient (Wildman–Crippen LogP) is -0.189. The summed E-state index contributed by atoms with van der Waals surface area (Å²) in [5, 5.41) is 26.9. The third-order valence-electron chi connectivity index (χ3n) is 4.50. The summed E-state index contributed by atoms with van der Waals surface area (Å²) in [5.41, 5.74) is 17.9. The van der Waals surface area contributed by atoms with Gasteiger partial charge in [0.1, 0.15) is 35.6 Å². The number of carbonyl (C=O) groups excluding carboxylic acids is 1. The highest BCUT2D eigenvalue weighted by atomic mass is 35.5.